The lowest BCUT2D eigenvalue weighted by Gasteiger charge is -2.32. The van der Waals surface area contributed by atoms with Crippen LogP contribution >= 0.6 is 0 Å². The molecular formula is C79H130N12O24. The third-order valence-electron chi connectivity index (χ3n) is 20.1. The number of rotatable bonds is 16. The lowest BCUT2D eigenvalue weighted by Crippen LogP contribution is -2.58. The first-order chi connectivity index (χ1) is 53.7. The number of amides is 12. The van der Waals surface area contributed by atoms with Crippen molar-refractivity contribution in [3.8, 4) is 0 Å². The van der Waals surface area contributed by atoms with Crippen LogP contribution in [-0.2, 0) is 105 Å². The number of ketones is 2. The van der Waals surface area contributed by atoms with Crippen molar-refractivity contribution >= 4 is 94.8 Å². The molecule has 6 aliphatic rings. The molecule has 6 aliphatic heterocycles. The van der Waals surface area contributed by atoms with Crippen LogP contribution in [0.3, 0.4) is 0 Å². The fraction of sp³-hybridized carbons (Fsp3) is 0.772. The topological polar surface area (TPSA) is 456 Å². The predicted octanol–water partition coefficient (Wildman–Crippen LogP) is 2.08. The van der Waals surface area contributed by atoms with E-state index in [0.717, 1.165) is 0 Å². The summed E-state index contributed by atoms with van der Waals surface area (Å²) in [6.45, 7) is 24.4. The Labute approximate surface area is 675 Å². The van der Waals surface area contributed by atoms with Gasteiger partial charge in [0.1, 0.15) is 84.7 Å². The summed E-state index contributed by atoms with van der Waals surface area (Å²) in [5.74, 6) is -11.4. The Morgan fingerprint density at radius 2 is 0.765 bits per heavy atom. The van der Waals surface area contributed by atoms with E-state index < -0.39 is 191 Å². The van der Waals surface area contributed by atoms with Gasteiger partial charge in [-0.05, 0) is 129 Å². The summed E-state index contributed by atoms with van der Waals surface area (Å²) in [5.41, 5.74) is -1.49. The maximum Gasteiger partial charge on any atom is 0.410 e. The zero-order chi connectivity index (χ0) is 84.9. The van der Waals surface area contributed by atoms with Crippen molar-refractivity contribution in [2.45, 2.75) is 253 Å². The number of nitrogens with one attached hydrogen (secondary N) is 8. The number of hydrogen-bond donors (Lipinski definition) is 8. The van der Waals surface area contributed by atoms with E-state index >= 15 is 0 Å². The van der Waals surface area contributed by atoms with Crippen LogP contribution in [0.1, 0.15) is 181 Å². The molecule has 650 valence electrons. The molecule has 0 bridgehead atoms. The minimum Gasteiger partial charge on any atom is -0.468 e. The van der Waals surface area contributed by atoms with Crippen molar-refractivity contribution in [1.29, 1.82) is 0 Å². The third-order valence-corrected chi connectivity index (χ3v) is 20.1. The quantitative estimate of drug-likeness (QED) is 0.0623. The van der Waals surface area contributed by atoms with Crippen LogP contribution in [-0.4, -0.2) is 292 Å². The molecule has 0 radical (unpaired) electrons. The van der Waals surface area contributed by atoms with Gasteiger partial charge in [-0.1, -0.05) is 75.0 Å². The lowest BCUT2D eigenvalue weighted by atomic mass is 9.87. The first-order valence-corrected chi connectivity index (χ1v) is 39.8. The first-order valence-electron chi connectivity index (χ1n) is 39.8. The molecule has 115 heavy (non-hydrogen) atoms. The number of methoxy groups -OCH3 is 2. The Kier molecular flexibility index (Phi) is 40.5. The summed E-state index contributed by atoms with van der Waals surface area (Å²) >= 11 is 0. The molecule has 36 nitrogen and oxygen atoms in total. The van der Waals surface area contributed by atoms with E-state index in [4.69, 9.17) is 28.4 Å². The minimum absolute atomic E-state index is 0. The van der Waals surface area contributed by atoms with Crippen molar-refractivity contribution < 1.29 is 115 Å². The molecule has 0 aromatic rings. The van der Waals surface area contributed by atoms with Crippen LogP contribution < -0.4 is 42.5 Å². The second kappa shape index (κ2) is 47.3. The number of hydrogen-bond acceptors (Lipinski definition) is 24. The SMILES string of the molecule is C.COC(=O)CNC(=O)[C@@H]1COC/C=C/COC[C@H](NC(=O)[C@@H]2CCCN2C(=O)[C@@H]2CCCN2C(=O)OC(C)(C)C)C(=O)C[C@@H](C(C)C)C(=O)N[C@@H](C(C)C)C(=O)N1.COC(=O)CNC(=O)[C@@H]1COCCCCOC[C@H](NC(=O)[C@@H]2CCCN2C(=O)[C@@H]2CCCN2C(=O)OC(C)(C)C)C(=O)C[C@@H](C(C)C)C(=O)N[C@@H](C(C)C)C(=O)N1. The molecule has 0 saturated carbocycles. The van der Waals surface area contributed by atoms with Crippen molar-refractivity contribution in [3.05, 3.63) is 12.2 Å². The summed E-state index contributed by atoms with van der Waals surface area (Å²) in [4.78, 5) is 219. The van der Waals surface area contributed by atoms with Crippen molar-refractivity contribution in [3.63, 3.8) is 0 Å². The number of carbonyl (C=O) groups excluding carboxylic acids is 16. The summed E-state index contributed by atoms with van der Waals surface area (Å²) in [5, 5.41) is 21.2. The second-order valence-corrected chi connectivity index (χ2v) is 32.8. The highest BCUT2D eigenvalue weighted by molar-refractivity contribution is 6.00. The normalized spacial score (nSPS) is 26.2. The predicted molar refractivity (Wildman–Crippen MR) is 417 cm³/mol. The molecule has 0 unspecified atom stereocenters. The first kappa shape index (κ1) is 98.5. The van der Waals surface area contributed by atoms with Gasteiger partial charge in [-0.15, -0.1) is 0 Å². The van der Waals surface area contributed by atoms with E-state index in [1.165, 1.54) is 33.8 Å². The molecule has 5 fully saturated rings. The molecule has 0 aromatic heterocycles. The number of Topliss-reactive ketones (excluding diaryl/α,β-unsaturated/α-hetero) is 2. The lowest BCUT2D eigenvalue weighted by molar-refractivity contribution is -0.143. The van der Waals surface area contributed by atoms with Gasteiger partial charge in [-0.2, -0.15) is 0 Å². The van der Waals surface area contributed by atoms with Gasteiger partial charge in [-0.3, -0.25) is 76.9 Å². The van der Waals surface area contributed by atoms with E-state index in [0.29, 0.717) is 90.4 Å². The molecule has 0 aromatic carbocycles. The largest absolute Gasteiger partial charge is 0.468 e. The van der Waals surface area contributed by atoms with Gasteiger partial charge in [0, 0.05) is 64.1 Å². The van der Waals surface area contributed by atoms with E-state index in [1.54, 1.807) is 109 Å². The molecule has 12 atom stereocenters. The summed E-state index contributed by atoms with van der Waals surface area (Å²) < 4.78 is 43.2. The highest BCUT2D eigenvalue weighted by Crippen LogP contribution is 2.30. The summed E-state index contributed by atoms with van der Waals surface area (Å²) in [6.07, 6.45) is 6.37. The van der Waals surface area contributed by atoms with E-state index in [2.05, 4.69) is 52.0 Å². The van der Waals surface area contributed by atoms with Crippen LogP contribution in [0.5, 0.6) is 0 Å². The van der Waals surface area contributed by atoms with E-state index in [-0.39, 0.29) is 96.8 Å². The third kappa shape index (κ3) is 31.2. The Morgan fingerprint density at radius 3 is 1.11 bits per heavy atom. The standard InChI is InChI=1S/C39H64N6O12.C39H62N6O12.CH4/c2*1-23(2)25-19-30(46)26(41-35(50)28-13-11-15-44(28)37(52)29-14-12-16-45(29)38(53)57-39(5,6)7)21-55-17-9-10-18-56-22-27(34(49)40-20-31(47)54-8)42-36(51)32(24(3)4)43-33(25)48;/h23-29,32H,9-22H2,1-8H3,(H,40,49)(H,41,50)(H,42,51)(H,43,48);9-10,23-29,32H,11-22H2,1-8H3,(H,40,49)(H,41,50)(H,42,51)(H,43,48);1H4/b;10-9+;/t2*25-,26-,27-,28-,29-,32-;/m00./s1. The van der Waals surface area contributed by atoms with Crippen LogP contribution in [0, 0.1) is 35.5 Å². The molecule has 6 rings (SSSR count). The monoisotopic (exact) mass is 1630 g/mol. The van der Waals surface area contributed by atoms with E-state index in [9.17, 15) is 76.7 Å². The molecule has 12 amide bonds. The fourth-order valence-corrected chi connectivity index (χ4v) is 13.7. The van der Waals surface area contributed by atoms with Crippen LogP contribution in [0.2, 0.25) is 0 Å². The number of likely N-dealkylation sites (tertiary alicyclic amines) is 4. The molecule has 0 spiro atoms. The number of esters is 2. The molecular weight excluding hydrogens is 1500 g/mol. The fourth-order valence-electron chi connectivity index (χ4n) is 13.7. The van der Waals surface area contributed by atoms with Crippen molar-refractivity contribution in [1.82, 2.24) is 62.1 Å². The van der Waals surface area contributed by atoms with E-state index in [1.807, 2.05) is 0 Å². The molecule has 6 heterocycles. The molecule has 36 heteroatoms. The van der Waals surface area contributed by atoms with Gasteiger partial charge in [-0.25, -0.2) is 9.59 Å². The van der Waals surface area contributed by atoms with Gasteiger partial charge in [0.25, 0.3) is 0 Å². The van der Waals surface area contributed by atoms with Gasteiger partial charge < -0.3 is 90.2 Å². The van der Waals surface area contributed by atoms with Crippen molar-refractivity contribution in [2.24, 2.45) is 35.5 Å². The van der Waals surface area contributed by atoms with Gasteiger partial charge >= 0.3 is 24.1 Å². The molecule has 8 N–H and O–H groups in total. The van der Waals surface area contributed by atoms with Crippen LogP contribution in [0.4, 0.5) is 9.59 Å². The maximum absolute atomic E-state index is 14.0. The van der Waals surface area contributed by atoms with Gasteiger partial charge in [0.2, 0.25) is 59.1 Å². The number of ether oxygens (including phenoxy) is 8. The second-order valence-electron chi connectivity index (χ2n) is 32.8. The maximum atomic E-state index is 14.0. The Bertz CT molecular complexity index is 3370. The highest BCUT2D eigenvalue weighted by Gasteiger charge is 2.47. The Balaban J connectivity index is 0.000000480. The minimum atomic E-state index is -1.22. The average Bonchev–Trinajstić information content (AvgIpc) is 1.64. The summed E-state index contributed by atoms with van der Waals surface area (Å²) in [6, 6.07) is -10.2. The Morgan fingerprint density at radius 1 is 0.435 bits per heavy atom. The highest BCUT2D eigenvalue weighted by atomic mass is 16.6. The van der Waals surface area contributed by atoms with Crippen LogP contribution in [0.15, 0.2) is 12.2 Å². The zero-order valence-electron chi connectivity index (χ0n) is 69.4. The average molecular weight is 1630 g/mol. The number of carbonyl (C=O) groups is 16. The Hall–Kier alpha value is -8.90. The molecule has 0 aliphatic carbocycles. The van der Waals surface area contributed by atoms with Crippen LogP contribution in [0.25, 0.3) is 0 Å². The number of nitrogens with zero attached hydrogens (tertiary/aromatic N) is 4. The van der Waals surface area contributed by atoms with Crippen molar-refractivity contribution in [2.75, 3.05) is 106 Å². The molecule has 5 saturated heterocycles. The zero-order valence-corrected chi connectivity index (χ0v) is 69.4. The van der Waals surface area contributed by atoms with Gasteiger partial charge in [0.15, 0.2) is 11.6 Å². The smallest absolute Gasteiger partial charge is 0.410 e. The van der Waals surface area contributed by atoms with Gasteiger partial charge in [0.05, 0.1) is 53.9 Å². The summed E-state index contributed by atoms with van der Waals surface area (Å²) in [7, 11) is 2.35.